The Labute approximate surface area is 141 Å². The van der Waals surface area contributed by atoms with Gasteiger partial charge in [-0.3, -0.25) is 4.79 Å². The van der Waals surface area contributed by atoms with Gasteiger partial charge in [-0.1, -0.05) is 24.3 Å². The van der Waals surface area contributed by atoms with Crippen molar-refractivity contribution in [2.45, 2.75) is 13.0 Å². The SMILES string of the molecule is CNC(=O)Cc1ccccc1NCc1ccc(Br)c(Br)c1. The summed E-state index contributed by atoms with van der Waals surface area (Å²) in [5.74, 6) is 0.00985. The Bertz CT molecular complexity index is 644. The molecule has 0 bridgehead atoms. The molecule has 0 saturated carbocycles. The lowest BCUT2D eigenvalue weighted by atomic mass is 10.1. The van der Waals surface area contributed by atoms with Crippen LogP contribution in [0.2, 0.25) is 0 Å². The maximum absolute atomic E-state index is 11.5. The van der Waals surface area contributed by atoms with Crippen molar-refractivity contribution >= 4 is 43.5 Å². The summed E-state index contributed by atoms with van der Waals surface area (Å²) in [6, 6.07) is 14.0. The molecular formula is C16H16Br2N2O. The van der Waals surface area contributed by atoms with Crippen molar-refractivity contribution in [3.05, 3.63) is 62.5 Å². The van der Waals surface area contributed by atoms with Crippen LogP contribution in [0, 0.1) is 0 Å². The van der Waals surface area contributed by atoms with Gasteiger partial charge in [-0.15, -0.1) is 0 Å². The number of para-hydroxylation sites is 1. The molecule has 21 heavy (non-hydrogen) atoms. The lowest BCUT2D eigenvalue weighted by molar-refractivity contribution is -0.119. The molecule has 0 aliphatic rings. The predicted octanol–water partition coefficient (Wildman–Crippen LogP) is 4.11. The highest BCUT2D eigenvalue weighted by atomic mass is 79.9. The molecule has 2 aromatic rings. The Morgan fingerprint density at radius 3 is 2.57 bits per heavy atom. The van der Waals surface area contributed by atoms with Crippen LogP contribution in [0.15, 0.2) is 51.4 Å². The standard InChI is InChI=1S/C16H16Br2N2O/c1-19-16(21)9-12-4-2-3-5-15(12)20-10-11-6-7-13(17)14(18)8-11/h2-8,20H,9-10H2,1H3,(H,19,21). The third-order valence-corrected chi connectivity index (χ3v) is 4.99. The van der Waals surface area contributed by atoms with Crippen LogP contribution >= 0.6 is 31.9 Å². The normalized spacial score (nSPS) is 10.2. The van der Waals surface area contributed by atoms with Crippen molar-refractivity contribution in [1.29, 1.82) is 0 Å². The van der Waals surface area contributed by atoms with Crippen LogP contribution in [0.1, 0.15) is 11.1 Å². The maximum atomic E-state index is 11.5. The second kappa shape index (κ2) is 7.61. The molecule has 0 unspecified atom stereocenters. The van der Waals surface area contributed by atoms with Gasteiger partial charge in [0.1, 0.15) is 0 Å². The van der Waals surface area contributed by atoms with Crippen LogP contribution in [-0.4, -0.2) is 13.0 Å². The van der Waals surface area contributed by atoms with Gasteiger partial charge < -0.3 is 10.6 Å². The molecule has 0 aliphatic carbocycles. The Hall–Kier alpha value is -1.33. The number of rotatable bonds is 5. The number of nitrogens with one attached hydrogen (secondary N) is 2. The molecule has 2 rings (SSSR count). The zero-order valence-electron chi connectivity index (χ0n) is 11.6. The number of carbonyl (C=O) groups is 1. The Morgan fingerprint density at radius 1 is 1.10 bits per heavy atom. The number of likely N-dealkylation sites (N-methyl/N-ethyl adjacent to an activating group) is 1. The van der Waals surface area contributed by atoms with E-state index in [0.29, 0.717) is 13.0 Å². The molecule has 2 aromatic carbocycles. The fourth-order valence-corrected chi connectivity index (χ4v) is 2.63. The molecule has 0 atom stereocenters. The van der Waals surface area contributed by atoms with E-state index in [-0.39, 0.29) is 5.91 Å². The van der Waals surface area contributed by atoms with E-state index in [1.165, 1.54) is 5.56 Å². The summed E-state index contributed by atoms with van der Waals surface area (Å²) < 4.78 is 2.06. The van der Waals surface area contributed by atoms with Gasteiger partial charge in [-0.2, -0.15) is 0 Å². The first kappa shape index (κ1) is 16.0. The highest BCUT2D eigenvalue weighted by molar-refractivity contribution is 9.13. The number of benzene rings is 2. The summed E-state index contributed by atoms with van der Waals surface area (Å²) in [5.41, 5.74) is 3.15. The average molecular weight is 412 g/mol. The average Bonchev–Trinajstić information content (AvgIpc) is 2.49. The van der Waals surface area contributed by atoms with Gasteiger partial charge in [-0.25, -0.2) is 0 Å². The van der Waals surface area contributed by atoms with Gasteiger partial charge in [-0.05, 0) is 61.2 Å². The second-order valence-electron chi connectivity index (χ2n) is 4.61. The fraction of sp³-hybridized carbons (Fsp3) is 0.188. The van der Waals surface area contributed by atoms with Crippen LogP contribution in [0.25, 0.3) is 0 Å². The number of anilines is 1. The topological polar surface area (TPSA) is 41.1 Å². The molecule has 3 nitrogen and oxygen atoms in total. The summed E-state index contributed by atoms with van der Waals surface area (Å²) in [5, 5.41) is 6.04. The molecule has 0 fully saturated rings. The molecule has 0 radical (unpaired) electrons. The van der Waals surface area contributed by atoms with Gasteiger partial charge in [0.15, 0.2) is 0 Å². The summed E-state index contributed by atoms with van der Waals surface area (Å²) in [6.07, 6.45) is 0.379. The first-order valence-corrected chi connectivity index (χ1v) is 8.15. The molecule has 0 spiro atoms. The second-order valence-corrected chi connectivity index (χ2v) is 6.32. The zero-order chi connectivity index (χ0) is 15.2. The van der Waals surface area contributed by atoms with Crippen molar-refractivity contribution in [2.24, 2.45) is 0 Å². The molecule has 2 N–H and O–H groups in total. The van der Waals surface area contributed by atoms with E-state index in [2.05, 4.69) is 54.6 Å². The van der Waals surface area contributed by atoms with Gasteiger partial charge >= 0.3 is 0 Å². The van der Waals surface area contributed by atoms with E-state index in [1.54, 1.807) is 7.05 Å². The maximum Gasteiger partial charge on any atom is 0.224 e. The van der Waals surface area contributed by atoms with Gasteiger partial charge in [0, 0.05) is 28.2 Å². The molecule has 0 heterocycles. The smallest absolute Gasteiger partial charge is 0.224 e. The molecule has 110 valence electrons. The van der Waals surface area contributed by atoms with Crippen LogP contribution in [-0.2, 0) is 17.8 Å². The fourth-order valence-electron chi connectivity index (χ4n) is 1.96. The van der Waals surface area contributed by atoms with E-state index >= 15 is 0 Å². The van der Waals surface area contributed by atoms with Crippen LogP contribution < -0.4 is 10.6 Å². The molecule has 0 aromatic heterocycles. The number of carbonyl (C=O) groups excluding carboxylic acids is 1. The van der Waals surface area contributed by atoms with E-state index < -0.39 is 0 Å². The Balaban J connectivity index is 2.09. The minimum Gasteiger partial charge on any atom is -0.381 e. The lowest BCUT2D eigenvalue weighted by Gasteiger charge is -2.12. The van der Waals surface area contributed by atoms with Crippen LogP contribution in [0.3, 0.4) is 0 Å². The number of amides is 1. The summed E-state index contributed by atoms with van der Waals surface area (Å²) in [6.45, 7) is 0.705. The molecule has 1 amide bonds. The van der Waals surface area contributed by atoms with E-state index in [0.717, 1.165) is 20.2 Å². The molecule has 5 heteroatoms. The number of halogens is 2. The van der Waals surface area contributed by atoms with Gasteiger partial charge in [0.25, 0.3) is 0 Å². The van der Waals surface area contributed by atoms with E-state index in [4.69, 9.17) is 0 Å². The Kier molecular flexibility index (Phi) is 5.82. The van der Waals surface area contributed by atoms with E-state index in [1.807, 2.05) is 30.3 Å². The minimum atomic E-state index is 0.00985. The van der Waals surface area contributed by atoms with Crippen LogP contribution in [0.4, 0.5) is 5.69 Å². The summed E-state index contributed by atoms with van der Waals surface area (Å²) in [4.78, 5) is 11.5. The molecule has 0 aliphatic heterocycles. The third-order valence-electron chi connectivity index (χ3n) is 3.11. The third kappa shape index (κ3) is 4.58. The van der Waals surface area contributed by atoms with Crippen molar-refractivity contribution in [3.8, 4) is 0 Å². The van der Waals surface area contributed by atoms with Crippen molar-refractivity contribution in [3.63, 3.8) is 0 Å². The highest BCUT2D eigenvalue weighted by Gasteiger charge is 2.06. The van der Waals surface area contributed by atoms with Gasteiger partial charge in [0.2, 0.25) is 5.91 Å². The quantitative estimate of drug-likeness (QED) is 0.777. The van der Waals surface area contributed by atoms with E-state index in [9.17, 15) is 4.79 Å². The largest absolute Gasteiger partial charge is 0.381 e. The number of hydrogen-bond donors (Lipinski definition) is 2. The summed E-state index contributed by atoms with van der Waals surface area (Å²) in [7, 11) is 1.65. The Morgan fingerprint density at radius 2 is 1.86 bits per heavy atom. The summed E-state index contributed by atoms with van der Waals surface area (Å²) >= 11 is 6.96. The predicted molar refractivity (Wildman–Crippen MR) is 93.4 cm³/mol. The van der Waals surface area contributed by atoms with Crippen molar-refractivity contribution in [2.75, 3.05) is 12.4 Å². The zero-order valence-corrected chi connectivity index (χ0v) is 14.8. The minimum absolute atomic E-state index is 0.00985. The van der Waals surface area contributed by atoms with Crippen molar-refractivity contribution < 1.29 is 4.79 Å². The first-order chi connectivity index (χ1) is 10.1. The monoisotopic (exact) mass is 410 g/mol. The highest BCUT2D eigenvalue weighted by Crippen LogP contribution is 2.24. The molecular weight excluding hydrogens is 396 g/mol. The van der Waals surface area contributed by atoms with Crippen molar-refractivity contribution in [1.82, 2.24) is 5.32 Å². The lowest BCUT2D eigenvalue weighted by Crippen LogP contribution is -2.20. The number of hydrogen-bond acceptors (Lipinski definition) is 2. The van der Waals surface area contributed by atoms with Gasteiger partial charge in [0.05, 0.1) is 6.42 Å². The van der Waals surface area contributed by atoms with Crippen LogP contribution in [0.5, 0.6) is 0 Å². The first-order valence-electron chi connectivity index (χ1n) is 6.56. The molecule has 0 saturated heterocycles.